The molecule has 0 radical (unpaired) electrons. The third kappa shape index (κ3) is 5.85. The van der Waals surface area contributed by atoms with Crippen molar-refractivity contribution < 1.29 is 14.4 Å². The van der Waals surface area contributed by atoms with Crippen molar-refractivity contribution >= 4 is 40.7 Å². The fourth-order valence-electron chi connectivity index (χ4n) is 3.55. The van der Waals surface area contributed by atoms with Crippen molar-refractivity contribution in [3.05, 3.63) is 59.1 Å². The van der Waals surface area contributed by atoms with Crippen molar-refractivity contribution in [2.24, 2.45) is 11.3 Å². The van der Waals surface area contributed by atoms with Gasteiger partial charge in [0, 0.05) is 35.0 Å². The standard InChI is InChI=1S/C24H28ClN3O3/c1-24(2,3)23(31)28-14-12-17(13-15-28)22(30)27-20-7-5-4-6-19(20)26-21(29)16-8-10-18(25)11-9-16/h4-11,17H,12-15H2,1-3H3,(H,26,29)(H,27,30). The number of amides is 3. The van der Waals surface area contributed by atoms with E-state index in [1.165, 1.54) is 0 Å². The molecule has 0 bridgehead atoms. The highest BCUT2D eigenvalue weighted by Crippen LogP contribution is 2.27. The number of hydrogen-bond acceptors (Lipinski definition) is 3. The zero-order chi connectivity index (χ0) is 22.6. The van der Waals surface area contributed by atoms with Crippen LogP contribution in [0, 0.1) is 11.3 Å². The number of halogens is 1. The summed E-state index contributed by atoms with van der Waals surface area (Å²) in [4.78, 5) is 39.7. The molecule has 0 saturated carbocycles. The quantitative estimate of drug-likeness (QED) is 0.714. The third-order valence-electron chi connectivity index (χ3n) is 5.33. The van der Waals surface area contributed by atoms with E-state index in [9.17, 15) is 14.4 Å². The van der Waals surface area contributed by atoms with Crippen LogP contribution in [-0.2, 0) is 9.59 Å². The molecule has 1 heterocycles. The van der Waals surface area contributed by atoms with E-state index in [2.05, 4.69) is 10.6 Å². The molecule has 1 aliphatic rings. The number of hydrogen-bond donors (Lipinski definition) is 2. The summed E-state index contributed by atoms with van der Waals surface area (Å²) in [6, 6.07) is 13.7. The number of piperidine rings is 1. The number of nitrogens with one attached hydrogen (secondary N) is 2. The normalized spacial score (nSPS) is 14.8. The predicted octanol–water partition coefficient (Wildman–Crippen LogP) is 4.82. The molecular weight excluding hydrogens is 414 g/mol. The van der Waals surface area contributed by atoms with Crippen LogP contribution in [0.25, 0.3) is 0 Å². The molecule has 6 nitrogen and oxygen atoms in total. The molecule has 0 spiro atoms. The Kier molecular flexibility index (Phi) is 7.01. The van der Waals surface area contributed by atoms with Gasteiger partial charge in [-0.2, -0.15) is 0 Å². The van der Waals surface area contributed by atoms with Crippen LogP contribution in [0.2, 0.25) is 5.02 Å². The molecular formula is C24H28ClN3O3. The number of para-hydroxylation sites is 2. The highest BCUT2D eigenvalue weighted by Gasteiger charge is 2.32. The second-order valence-corrected chi connectivity index (χ2v) is 9.25. The predicted molar refractivity (Wildman–Crippen MR) is 123 cm³/mol. The van der Waals surface area contributed by atoms with Gasteiger partial charge in [0.05, 0.1) is 11.4 Å². The number of likely N-dealkylation sites (tertiary alicyclic amines) is 1. The van der Waals surface area contributed by atoms with E-state index in [0.717, 1.165) is 0 Å². The topological polar surface area (TPSA) is 78.5 Å². The summed E-state index contributed by atoms with van der Waals surface area (Å²) in [6.07, 6.45) is 1.24. The minimum Gasteiger partial charge on any atom is -0.342 e. The molecule has 2 N–H and O–H groups in total. The van der Waals surface area contributed by atoms with Crippen molar-refractivity contribution in [3.8, 4) is 0 Å². The lowest BCUT2D eigenvalue weighted by Crippen LogP contribution is -2.45. The smallest absolute Gasteiger partial charge is 0.255 e. The van der Waals surface area contributed by atoms with Crippen molar-refractivity contribution in [3.63, 3.8) is 0 Å². The summed E-state index contributed by atoms with van der Waals surface area (Å²) < 4.78 is 0. The number of anilines is 2. The van der Waals surface area contributed by atoms with Crippen LogP contribution in [-0.4, -0.2) is 35.7 Å². The zero-order valence-electron chi connectivity index (χ0n) is 18.1. The molecule has 1 fully saturated rings. The van der Waals surface area contributed by atoms with Crippen LogP contribution in [0.15, 0.2) is 48.5 Å². The molecule has 1 saturated heterocycles. The Morgan fingerprint density at radius 3 is 2.00 bits per heavy atom. The van der Waals surface area contributed by atoms with Gasteiger partial charge in [0.25, 0.3) is 5.91 Å². The van der Waals surface area contributed by atoms with Crippen LogP contribution >= 0.6 is 11.6 Å². The third-order valence-corrected chi connectivity index (χ3v) is 5.59. The fraction of sp³-hybridized carbons (Fsp3) is 0.375. The second kappa shape index (κ2) is 9.52. The highest BCUT2D eigenvalue weighted by molar-refractivity contribution is 6.30. The molecule has 3 amide bonds. The molecule has 0 aliphatic carbocycles. The first-order valence-electron chi connectivity index (χ1n) is 10.4. The summed E-state index contributed by atoms with van der Waals surface area (Å²) in [5, 5.41) is 6.34. The lowest BCUT2D eigenvalue weighted by molar-refractivity contribution is -0.142. The molecule has 164 valence electrons. The van der Waals surface area contributed by atoms with Crippen molar-refractivity contribution in [2.45, 2.75) is 33.6 Å². The van der Waals surface area contributed by atoms with Gasteiger partial charge in [-0.15, -0.1) is 0 Å². The van der Waals surface area contributed by atoms with E-state index < -0.39 is 5.41 Å². The minimum atomic E-state index is -0.420. The van der Waals surface area contributed by atoms with Gasteiger partial charge in [0.1, 0.15) is 0 Å². The lowest BCUT2D eigenvalue weighted by Gasteiger charge is -2.35. The molecule has 0 unspecified atom stereocenters. The van der Waals surface area contributed by atoms with Crippen LogP contribution in [0.1, 0.15) is 44.0 Å². The number of carbonyl (C=O) groups is 3. The Hall–Kier alpha value is -2.86. The van der Waals surface area contributed by atoms with Crippen LogP contribution in [0.4, 0.5) is 11.4 Å². The van der Waals surface area contributed by atoms with Crippen LogP contribution in [0.5, 0.6) is 0 Å². The van der Waals surface area contributed by atoms with Gasteiger partial charge < -0.3 is 15.5 Å². The fourth-order valence-corrected chi connectivity index (χ4v) is 3.68. The van der Waals surface area contributed by atoms with Gasteiger partial charge in [-0.1, -0.05) is 44.5 Å². The SMILES string of the molecule is CC(C)(C)C(=O)N1CCC(C(=O)Nc2ccccc2NC(=O)c2ccc(Cl)cc2)CC1. The molecule has 31 heavy (non-hydrogen) atoms. The maximum absolute atomic E-state index is 12.8. The van der Waals surface area contributed by atoms with Gasteiger partial charge in [-0.3, -0.25) is 14.4 Å². The van der Waals surface area contributed by atoms with E-state index >= 15 is 0 Å². The van der Waals surface area contributed by atoms with Crippen molar-refractivity contribution in [1.29, 1.82) is 0 Å². The van der Waals surface area contributed by atoms with Crippen molar-refractivity contribution in [2.75, 3.05) is 23.7 Å². The molecule has 2 aromatic rings. The Bertz CT molecular complexity index is 959. The summed E-state index contributed by atoms with van der Waals surface area (Å²) in [6.45, 7) is 6.86. The molecule has 0 atom stereocenters. The average Bonchev–Trinajstić information content (AvgIpc) is 2.74. The van der Waals surface area contributed by atoms with E-state index in [0.29, 0.717) is 47.9 Å². The first-order valence-corrected chi connectivity index (χ1v) is 10.8. The summed E-state index contributed by atoms with van der Waals surface area (Å²) >= 11 is 5.88. The molecule has 7 heteroatoms. The van der Waals surface area contributed by atoms with Gasteiger partial charge >= 0.3 is 0 Å². The Balaban J connectivity index is 1.62. The van der Waals surface area contributed by atoms with Crippen molar-refractivity contribution in [1.82, 2.24) is 4.90 Å². The number of nitrogens with zero attached hydrogens (tertiary/aromatic N) is 1. The van der Waals surface area contributed by atoms with Gasteiger partial charge in [-0.25, -0.2) is 0 Å². The van der Waals surface area contributed by atoms with Crippen LogP contribution in [0.3, 0.4) is 0 Å². The number of rotatable bonds is 4. The Morgan fingerprint density at radius 2 is 1.45 bits per heavy atom. The van der Waals surface area contributed by atoms with Crippen LogP contribution < -0.4 is 10.6 Å². The maximum atomic E-state index is 12.8. The first-order chi connectivity index (χ1) is 14.6. The van der Waals surface area contributed by atoms with E-state index in [4.69, 9.17) is 11.6 Å². The van der Waals surface area contributed by atoms with Gasteiger partial charge in [0.15, 0.2) is 0 Å². The minimum absolute atomic E-state index is 0.101. The maximum Gasteiger partial charge on any atom is 0.255 e. The van der Waals surface area contributed by atoms with E-state index in [1.807, 2.05) is 25.7 Å². The lowest BCUT2D eigenvalue weighted by atomic mass is 9.90. The summed E-state index contributed by atoms with van der Waals surface area (Å²) in [5.74, 6) is -0.450. The summed E-state index contributed by atoms with van der Waals surface area (Å²) in [7, 11) is 0. The van der Waals surface area contributed by atoms with Gasteiger partial charge in [0.2, 0.25) is 11.8 Å². The molecule has 2 aromatic carbocycles. The van der Waals surface area contributed by atoms with Gasteiger partial charge in [-0.05, 0) is 49.2 Å². The number of benzene rings is 2. The summed E-state index contributed by atoms with van der Waals surface area (Å²) in [5.41, 5.74) is 1.12. The number of carbonyl (C=O) groups excluding carboxylic acids is 3. The van der Waals surface area contributed by atoms with E-state index in [-0.39, 0.29) is 23.6 Å². The first kappa shape index (κ1) is 22.8. The molecule has 0 aromatic heterocycles. The largest absolute Gasteiger partial charge is 0.342 e. The van der Waals surface area contributed by atoms with E-state index in [1.54, 1.807) is 48.5 Å². The highest BCUT2D eigenvalue weighted by atomic mass is 35.5. The Morgan fingerprint density at radius 1 is 0.903 bits per heavy atom. The average molecular weight is 442 g/mol. The Labute approximate surface area is 188 Å². The monoisotopic (exact) mass is 441 g/mol. The molecule has 3 rings (SSSR count). The molecule has 1 aliphatic heterocycles. The zero-order valence-corrected chi connectivity index (χ0v) is 18.8. The second-order valence-electron chi connectivity index (χ2n) is 8.81.